The summed E-state index contributed by atoms with van der Waals surface area (Å²) < 4.78 is 5.70. The summed E-state index contributed by atoms with van der Waals surface area (Å²) in [6.07, 6.45) is 2.45. The summed E-state index contributed by atoms with van der Waals surface area (Å²) in [6.45, 7) is 5.43. The maximum atomic E-state index is 11.9. The number of carbonyl (C=O) groups excluding carboxylic acids is 1. The number of carbonyl (C=O) groups is 1. The summed E-state index contributed by atoms with van der Waals surface area (Å²) in [4.78, 5) is 20.2. The number of hydrogen-bond acceptors (Lipinski definition) is 3. The van der Waals surface area contributed by atoms with Crippen LogP contribution in [0.3, 0.4) is 0 Å². The van der Waals surface area contributed by atoms with Gasteiger partial charge in [0.25, 0.3) is 5.91 Å². The lowest BCUT2D eigenvalue weighted by atomic mass is 10.1. The van der Waals surface area contributed by atoms with Crippen molar-refractivity contribution in [2.75, 3.05) is 40.8 Å². The molecule has 0 bridgehead atoms. The third-order valence-electron chi connectivity index (χ3n) is 4.41. The highest BCUT2D eigenvalue weighted by molar-refractivity contribution is 5.93. The van der Waals surface area contributed by atoms with Crippen LogP contribution < -0.4 is 5.32 Å². The lowest BCUT2D eigenvalue weighted by Gasteiger charge is -2.34. The summed E-state index contributed by atoms with van der Waals surface area (Å²) in [5.74, 6) is 0.941. The Balaban J connectivity index is 1.86. The normalized spacial score (nSPS) is 16.0. The highest BCUT2D eigenvalue weighted by Crippen LogP contribution is 2.14. The highest BCUT2D eigenvalue weighted by Gasteiger charge is 2.21. The van der Waals surface area contributed by atoms with Crippen molar-refractivity contribution in [2.45, 2.75) is 32.4 Å². The van der Waals surface area contributed by atoms with Crippen molar-refractivity contribution >= 4 is 11.9 Å². The van der Waals surface area contributed by atoms with Gasteiger partial charge in [-0.15, -0.1) is 0 Å². The lowest BCUT2D eigenvalue weighted by molar-refractivity contribution is 0.0263. The van der Waals surface area contributed by atoms with Gasteiger partial charge in [-0.3, -0.25) is 9.79 Å². The molecule has 0 saturated carbocycles. The van der Waals surface area contributed by atoms with E-state index >= 15 is 0 Å². The standard InChI is InChI=1S/C19H30N4O2/c1-5-25-17-10-12-23(13-11-17)19(20-2)21-14-15-6-8-16(9-7-15)18(24)22(3)4/h6-9,17H,5,10-14H2,1-4H3,(H,20,21). The van der Waals surface area contributed by atoms with E-state index in [-0.39, 0.29) is 5.91 Å². The number of piperidine rings is 1. The molecule has 1 aliphatic rings. The van der Waals surface area contributed by atoms with Crippen molar-refractivity contribution in [2.24, 2.45) is 4.99 Å². The van der Waals surface area contributed by atoms with E-state index in [1.807, 2.05) is 38.2 Å². The predicted molar refractivity (Wildman–Crippen MR) is 101 cm³/mol. The van der Waals surface area contributed by atoms with Crippen LogP contribution in [0.5, 0.6) is 0 Å². The van der Waals surface area contributed by atoms with Crippen molar-refractivity contribution in [1.29, 1.82) is 0 Å². The van der Waals surface area contributed by atoms with Crippen LogP contribution in [0, 0.1) is 0 Å². The van der Waals surface area contributed by atoms with Crippen molar-refractivity contribution < 1.29 is 9.53 Å². The van der Waals surface area contributed by atoms with Crippen LogP contribution >= 0.6 is 0 Å². The van der Waals surface area contributed by atoms with Crippen LogP contribution in [0.4, 0.5) is 0 Å². The second kappa shape index (κ2) is 9.42. The van der Waals surface area contributed by atoms with Crippen LogP contribution in [0.2, 0.25) is 0 Å². The molecule has 138 valence electrons. The summed E-state index contributed by atoms with van der Waals surface area (Å²) in [7, 11) is 5.34. The van der Waals surface area contributed by atoms with Crippen LogP contribution in [0.1, 0.15) is 35.7 Å². The van der Waals surface area contributed by atoms with E-state index < -0.39 is 0 Å². The second-order valence-electron chi connectivity index (χ2n) is 6.44. The number of benzene rings is 1. The van der Waals surface area contributed by atoms with Crippen molar-refractivity contribution in [3.63, 3.8) is 0 Å². The van der Waals surface area contributed by atoms with Crippen molar-refractivity contribution in [3.05, 3.63) is 35.4 Å². The van der Waals surface area contributed by atoms with E-state index in [1.165, 1.54) is 0 Å². The summed E-state index contributed by atoms with van der Waals surface area (Å²) in [5.41, 5.74) is 1.83. The molecule has 0 spiro atoms. The van der Waals surface area contributed by atoms with Crippen molar-refractivity contribution in [3.8, 4) is 0 Å². The smallest absolute Gasteiger partial charge is 0.253 e. The Morgan fingerprint density at radius 2 is 1.92 bits per heavy atom. The molecule has 0 aromatic heterocycles. The van der Waals surface area contributed by atoms with Crippen LogP contribution in [0.25, 0.3) is 0 Å². The fourth-order valence-corrected chi connectivity index (χ4v) is 3.01. The number of hydrogen-bond donors (Lipinski definition) is 1. The van der Waals surface area contributed by atoms with E-state index in [1.54, 1.807) is 19.0 Å². The Bertz CT molecular complexity index is 576. The van der Waals surface area contributed by atoms with Gasteiger partial charge in [0.2, 0.25) is 0 Å². The Labute approximate surface area is 150 Å². The molecule has 6 nitrogen and oxygen atoms in total. The van der Waals surface area contributed by atoms with E-state index in [0.717, 1.165) is 44.1 Å². The number of nitrogens with zero attached hydrogens (tertiary/aromatic N) is 3. The Morgan fingerprint density at radius 3 is 2.44 bits per heavy atom. The molecule has 0 unspecified atom stereocenters. The minimum atomic E-state index is 0.0208. The Kier molecular flexibility index (Phi) is 7.25. The number of aliphatic imine (C=N–C) groups is 1. The largest absolute Gasteiger partial charge is 0.378 e. The summed E-state index contributed by atoms with van der Waals surface area (Å²) in [6, 6.07) is 7.71. The highest BCUT2D eigenvalue weighted by atomic mass is 16.5. The fourth-order valence-electron chi connectivity index (χ4n) is 3.01. The fraction of sp³-hybridized carbons (Fsp3) is 0.579. The Morgan fingerprint density at radius 1 is 1.28 bits per heavy atom. The van der Waals surface area contributed by atoms with Gasteiger partial charge in [-0.2, -0.15) is 0 Å². The molecule has 1 amide bonds. The minimum absolute atomic E-state index is 0.0208. The molecule has 0 aliphatic carbocycles. The van der Waals surface area contributed by atoms with Crippen LogP contribution in [-0.2, 0) is 11.3 Å². The molecule has 1 aliphatic heterocycles. The summed E-state index contributed by atoms with van der Waals surface area (Å²) in [5, 5.41) is 3.41. The molecule has 1 heterocycles. The van der Waals surface area contributed by atoms with Gasteiger partial charge in [0.15, 0.2) is 5.96 Å². The van der Waals surface area contributed by atoms with Gasteiger partial charge in [0.05, 0.1) is 6.10 Å². The molecule has 1 aromatic rings. The number of nitrogens with one attached hydrogen (secondary N) is 1. The zero-order valence-corrected chi connectivity index (χ0v) is 15.8. The average molecular weight is 346 g/mol. The van der Waals surface area contributed by atoms with Gasteiger partial charge in [0.1, 0.15) is 0 Å². The molecule has 1 aromatic carbocycles. The summed E-state index contributed by atoms with van der Waals surface area (Å²) >= 11 is 0. The van der Waals surface area contributed by atoms with E-state index in [0.29, 0.717) is 18.2 Å². The lowest BCUT2D eigenvalue weighted by Crippen LogP contribution is -2.46. The topological polar surface area (TPSA) is 57.2 Å². The number of ether oxygens (including phenoxy) is 1. The molecule has 2 rings (SSSR count). The molecular weight excluding hydrogens is 316 g/mol. The first kappa shape index (κ1) is 19.2. The quantitative estimate of drug-likeness (QED) is 0.654. The number of amides is 1. The zero-order valence-electron chi connectivity index (χ0n) is 15.8. The van der Waals surface area contributed by atoms with Gasteiger partial charge in [-0.25, -0.2) is 0 Å². The molecule has 0 radical (unpaired) electrons. The van der Waals surface area contributed by atoms with E-state index in [9.17, 15) is 4.79 Å². The van der Waals surface area contributed by atoms with Crippen LogP contribution in [0.15, 0.2) is 29.3 Å². The predicted octanol–water partition coefficient (Wildman–Crippen LogP) is 1.96. The van der Waals surface area contributed by atoms with Gasteiger partial charge < -0.3 is 19.9 Å². The molecule has 6 heteroatoms. The molecule has 25 heavy (non-hydrogen) atoms. The number of guanidine groups is 1. The third-order valence-corrected chi connectivity index (χ3v) is 4.41. The molecular formula is C19H30N4O2. The van der Waals surface area contributed by atoms with E-state index in [2.05, 4.69) is 15.2 Å². The maximum absolute atomic E-state index is 11.9. The zero-order chi connectivity index (χ0) is 18.2. The monoisotopic (exact) mass is 346 g/mol. The minimum Gasteiger partial charge on any atom is -0.378 e. The molecule has 0 atom stereocenters. The first-order valence-electron chi connectivity index (χ1n) is 8.93. The number of rotatable bonds is 5. The van der Waals surface area contributed by atoms with Crippen LogP contribution in [-0.4, -0.2) is 68.6 Å². The van der Waals surface area contributed by atoms with Crippen molar-refractivity contribution in [1.82, 2.24) is 15.1 Å². The molecule has 1 N–H and O–H groups in total. The van der Waals surface area contributed by atoms with E-state index in [4.69, 9.17) is 4.74 Å². The second-order valence-corrected chi connectivity index (χ2v) is 6.44. The third kappa shape index (κ3) is 5.46. The van der Waals surface area contributed by atoms with Gasteiger partial charge in [-0.1, -0.05) is 12.1 Å². The maximum Gasteiger partial charge on any atom is 0.253 e. The number of likely N-dealkylation sites (tertiary alicyclic amines) is 1. The van der Waals surface area contributed by atoms with Gasteiger partial charge >= 0.3 is 0 Å². The first-order chi connectivity index (χ1) is 12.0. The Hall–Kier alpha value is -2.08. The van der Waals surface area contributed by atoms with Gasteiger partial charge in [0, 0.05) is 52.9 Å². The first-order valence-corrected chi connectivity index (χ1v) is 8.93. The molecule has 1 fully saturated rings. The average Bonchev–Trinajstić information content (AvgIpc) is 2.63. The van der Waals surface area contributed by atoms with Gasteiger partial charge in [-0.05, 0) is 37.5 Å². The SMILES string of the molecule is CCOC1CCN(C(=NC)NCc2ccc(C(=O)N(C)C)cc2)CC1. The molecule has 1 saturated heterocycles.